The molecule has 1 aliphatic rings. The van der Waals surface area contributed by atoms with Crippen LogP contribution >= 0.6 is 0 Å². The second-order valence-corrected chi connectivity index (χ2v) is 7.52. The number of nitrogens with zero attached hydrogens (tertiary/aromatic N) is 2. The molecule has 0 radical (unpaired) electrons. The van der Waals surface area contributed by atoms with E-state index in [1.54, 1.807) is 21.3 Å². The summed E-state index contributed by atoms with van der Waals surface area (Å²) in [5.74, 6) is 3.43. The molecule has 7 heteroatoms. The molecule has 1 fully saturated rings. The van der Waals surface area contributed by atoms with Crippen LogP contribution < -0.4 is 24.8 Å². The molecule has 0 amide bonds. The Hall–Kier alpha value is -2.15. The van der Waals surface area contributed by atoms with E-state index in [1.165, 1.54) is 0 Å². The van der Waals surface area contributed by atoms with Gasteiger partial charge in [0.05, 0.1) is 21.3 Å². The minimum Gasteiger partial charge on any atom is -0.493 e. The van der Waals surface area contributed by atoms with Crippen LogP contribution in [0.2, 0.25) is 0 Å². The highest BCUT2D eigenvalue weighted by atomic mass is 16.5. The average molecular weight is 393 g/mol. The van der Waals surface area contributed by atoms with Gasteiger partial charge in [-0.25, -0.2) is 0 Å². The number of aliphatic imine (C=N–C) groups is 1. The fraction of sp³-hybridized carbons (Fsp3) is 0.667. The third kappa shape index (κ3) is 5.22. The number of guanidine groups is 1. The van der Waals surface area contributed by atoms with Crippen LogP contribution in [-0.2, 0) is 6.42 Å². The second kappa shape index (κ2) is 10.4. The Labute approximate surface area is 169 Å². The van der Waals surface area contributed by atoms with Gasteiger partial charge in [0.25, 0.3) is 0 Å². The van der Waals surface area contributed by atoms with Crippen molar-refractivity contribution in [3.05, 3.63) is 17.7 Å². The Morgan fingerprint density at radius 2 is 1.86 bits per heavy atom. The molecule has 2 unspecified atom stereocenters. The van der Waals surface area contributed by atoms with Gasteiger partial charge >= 0.3 is 0 Å². The molecule has 2 atom stereocenters. The molecule has 2 rings (SSSR count). The van der Waals surface area contributed by atoms with Crippen molar-refractivity contribution in [2.24, 2.45) is 10.9 Å². The highest BCUT2D eigenvalue weighted by molar-refractivity contribution is 5.80. The van der Waals surface area contributed by atoms with E-state index in [9.17, 15) is 0 Å². The van der Waals surface area contributed by atoms with E-state index < -0.39 is 0 Å². The third-order valence-electron chi connectivity index (χ3n) is 5.39. The van der Waals surface area contributed by atoms with Crippen molar-refractivity contribution in [2.45, 2.75) is 39.3 Å². The van der Waals surface area contributed by atoms with Crippen LogP contribution in [0.1, 0.15) is 26.3 Å². The number of ether oxygens (including phenoxy) is 3. The van der Waals surface area contributed by atoms with Crippen molar-refractivity contribution in [1.29, 1.82) is 0 Å². The van der Waals surface area contributed by atoms with E-state index in [1.807, 2.05) is 19.2 Å². The van der Waals surface area contributed by atoms with Crippen molar-refractivity contribution in [3.8, 4) is 17.2 Å². The number of rotatable bonds is 8. The van der Waals surface area contributed by atoms with Crippen LogP contribution in [0.3, 0.4) is 0 Å². The molecule has 0 aromatic heterocycles. The van der Waals surface area contributed by atoms with Gasteiger partial charge < -0.3 is 24.8 Å². The normalized spacial score (nSPS) is 20.4. The SMILES string of the molecule is CN=C(NCCc1ccc(OC)c(OC)c1OC)NC1CN(C(C)C)CC1C. The van der Waals surface area contributed by atoms with Gasteiger partial charge in [-0.2, -0.15) is 0 Å². The lowest BCUT2D eigenvalue weighted by molar-refractivity contribution is 0.265. The summed E-state index contributed by atoms with van der Waals surface area (Å²) in [6, 6.07) is 4.90. The van der Waals surface area contributed by atoms with Crippen LogP contribution in [0.25, 0.3) is 0 Å². The molecule has 1 heterocycles. The Morgan fingerprint density at radius 3 is 2.39 bits per heavy atom. The van der Waals surface area contributed by atoms with Crippen LogP contribution in [0.5, 0.6) is 17.2 Å². The molecule has 0 bridgehead atoms. The first kappa shape index (κ1) is 22.1. The number of likely N-dealkylation sites (tertiary alicyclic amines) is 1. The van der Waals surface area contributed by atoms with E-state index in [4.69, 9.17) is 14.2 Å². The van der Waals surface area contributed by atoms with Crippen molar-refractivity contribution in [3.63, 3.8) is 0 Å². The maximum Gasteiger partial charge on any atom is 0.203 e. The number of benzene rings is 1. The molecule has 0 spiro atoms. The van der Waals surface area contributed by atoms with Crippen molar-refractivity contribution >= 4 is 5.96 Å². The predicted octanol–water partition coefficient (Wildman–Crippen LogP) is 2.15. The highest BCUT2D eigenvalue weighted by Crippen LogP contribution is 2.39. The molecule has 1 aromatic carbocycles. The van der Waals surface area contributed by atoms with Gasteiger partial charge in [-0.3, -0.25) is 9.89 Å². The van der Waals surface area contributed by atoms with Gasteiger partial charge in [-0.15, -0.1) is 0 Å². The summed E-state index contributed by atoms with van der Waals surface area (Å²) in [5, 5.41) is 7.00. The van der Waals surface area contributed by atoms with E-state index in [-0.39, 0.29) is 0 Å². The smallest absolute Gasteiger partial charge is 0.203 e. The largest absolute Gasteiger partial charge is 0.493 e. The lowest BCUT2D eigenvalue weighted by Gasteiger charge is -2.22. The monoisotopic (exact) mass is 392 g/mol. The average Bonchev–Trinajstić information content (AvgIpc) is 3.07. The lowest BCUT2D eigenvalue weighted by atomic mass is 10.1. The fourth-order valence-electron chi connectivity index (χ4n) is 3.66. The third-order valence-corrected chi connectivity index (χ3v) is 5.39. The summed E-state index contributed by atoms with van der Waals surface area (Å²) in [6.45, 7) is 9.69. The van der Waals surface area contributed by atoms with Gasteiger partial charge in [0.2, 0.25) is 5.75 Å². The quantitative estimate of drug-likeness (QED) is 0.522. The zero-order chi connectivity index (χ0) is 20.7. The molecular formula is C21H36N4O3. The topological polar surface area (TPSA) is 67.4 Å². The number of methoxy groups -OCH3 is 3. The Balaban J connectivity index is 1.95. The van der Waals surface area contributed by atoms with Gasteiger partial charge in [0.1, 0.15) is 0 Å². The molecule has 158 valence electrons. The zero-order valence-corrected chi connectivity index (χ0v) is 18.3. The van der Waals surface area contributed by atoms with Crippen molar-refractivity contribution in [2.75, 3.05) is 48.0 Å². The second-order valence-electron chi connectivity index (χ2n) is 7.52. The van der Waals surface area contributed by atoms with Gasteiger partial charge in [-0.1, -0.05) is 13.0 Å². The Kier molecular flexibility index (Phi) is 8.23. The van der Waals surface area contributed by atoms with Crippen LogP contribution in [0, 0.1) is 5.92 Å². The summed E-state index contributed by atoms with van der Waals surface area (Å²) in [5.41, 5.74) is 1.06. The molecule has 0 aliphatic carbocycles. The Bertz CT molecular complexity index is 663. The molecule has 1 saturated heterocycles. The summed E-state index contributed by atoms with van der Waals surface area (Å²) >= 11 is 0. The minimum atomic E-state index is 0.407. The molecule has 7 nitrogen and oxygen atoms in total. The van der Waals surface area contributed by atoms with Crippen LogP contribution in [-0.4, -0.2) is 71.0 Å². The molecule has 0 saturated carbocycles. The van der Waals surface area contributed by atoms with Crippen molar-refractivity contribution < 1.29 is 14.2 Å². The standard InChI is InChI=1S/C21H36N4O3/c1-14(2)25-12-15(3)17(13-25)24-21(22-4)23-11-10-16-8-9-18(26-5)20(28-7)19(16)27-6/h8-9,14-15,17H,10-13H2,1-7H3,(H2,22,23,24). The first-order chi connectivity index (χ1) is 13.4. The van der Waals surface area contributed by atoms with Gasteiger partial charge in [0.15, 0.2) is 17.5 Å². The number of hydrogen-bond donors (Lipinski definition) is 2. The Morgan fingerprint density at radius 1 is 1.14 bits per heavy atom. The van der Waals surface area contributed by atoms with E-state index in [0.29, 0.717) is 35.3 Å². The van der Waals surface area contributed by atoms with E-state index in [2.05, 4.69) is 41.3 Å². The molecule has 1 aliphatic heterocycles. The van der Waals surface area contributed by atoms with Crippen LogP contribution in [0.15, 0.2) is 17.1 Å². The van der Waals surface area contributed by atoms with Crippen LogP contribution in [0.4, 0.5) is 0 Å². The number of nitrogens with one attached hydrogen (secondary N) is 2. The van der Waals surface area contributed by atoms with Crippen molar-refractivity contribution in [1.82, 2.24) is 15.5 Å². The molecule has 2 N–H and O–H groups in total. The lowest BCUT2D eigenvalue weighted by Crippen LogP contribution is -2.47. The first-order valence-electron chi connectivity index (χ1n) is 9.94. The molecule has 28 heavy (non-hydrogen) atoms. The fourth-order valence-corrected chi connectivity index (χ4v) is 3.66. The summed E-state index contributed by atoms with van der Waals surface area (Å²) in [6.07, 6.45) is 0.780. The molecule has 1 aromatic rings. The van der Waals surface area contributed by atoms with E-state index >= 15 is 0 Å². The van der Waals surface area contributed by atoms with Gasteiger partial charge in [0, 0.05) is 44.3 Å². The summed E-state index contributed by atoms with van der Waals surface area (Å²) < 4.78 is 16.4. The zero-order valence-electron chi connectivity index (χ0n) is 18.3. The maximum atomic E-state index is 5.57. The number of hydrogen-bond acceptors (Lipinski definition) is 5. The first-order valence-corrected chi connectivity index (χ1v) is 9.94. The summed E-state index contributed by atoms with van der Waals surface area (Å²) in [7, 11) is 6.71. The molecular weight excluding hydrogens is 356 g/mol. The summed E-state index contributed by atoms with van der Waals surface area (Å²) in [4.78, 5) is 6.89. The van der Waals surface area contributed by atoms with Gasteiger partial charge in [-0.05, 0) is 32.3 Å². The highest BCUT2D eigenvalue weighted by Gasteiger charge is 2.31. The predicted molar refractivity (Wildman–Crippen MR) is 114 cm³/mol. The minimum absolute atomic E-state index is 0.407. The maximum absolute atomic E-state index is 5.57. The van der Waals surface area contributed by atoms with E-state index in [0.717, 1.165) is 37.6 Å².